The Hall–Kier alpha value is -2.76. The molecule has 1 atom stereocenters. The second-order valence-electron chi connectivity index (χ2n) is 8.66. The van der Waals surface area contributed by atoms with Crippen molar-refractivity contribution in [2.45, 2.75) is 39.3 Å². The molecule has 0 aliphatic carbocycles. The maximum absolute atomic E-state index is 13.2. The molecule has 4 nitrogen and oxygen atoms in total. The van der Waals surface area contributed by atoms with Gasteiger partial charge >= 0.3 is 0 Å². The van der Waals surface area contributed by atoms with Gasteiger partial charge in [-0.25, -0.2) is 4.39 Å². The number of hydrogen-bond donors (Lipinski definition) is 2. The highest BCUT2D eigenvalue weighted by Gasteiger charge is 2.23. The van der Waals surface area contributed by atoms with Gasteiger partial charge in [0.15, 0.2) is 0 Å². The Morgan fingerprint density at radius 1 is 1.24 bits per heavy atom. The van der Waals surface area contributed by atoms with Gasteiger partial charge in [-0.05, 0) is 60.4 Å². The molecule has 6 heteroatoms. The number of benzene rings is 2. The number of piperazine rings is 1. The number of nitrogens with two attached hydrogens (primary N) is 1. The molecule has 0 radical (unpaired) electrons. The normalized spacial score (nSPS) is 16.8. The molecule has 0 saturated carbocycles. The molecule has 3 rings (SSSR count). The Balaban J connectivity index is 1.68. The van der Waals surface area contributed by atoms with Crippen LogP contribution in [-0.2, 0) is 13.0 Å². The lowest BCUT2D eigenvalue weighted by atomic mass is 10.0. The second-order valence-corrected chi connectivity index (χ2v) is 9.07. The number of nitrogens with zero attached hydrogens (tertiary/aromatic N) is 2. The number of hydrogen-bond acceptors (Lipinski definition) is 4. The zero-order valence-corrected chi connectivity index (χ0v) is 20.3. The average molecular weight is 469 g/mol. The summed E-state index contributed by atoms with van der Waals surface area (Å²) in [6.45, 7) is 16.0. The molecule has 1 heterocycles. The average Bonchev–Trinajstić information content (AvgIpc) is 2.76. The third kappa shape index (κ3) is 6.86. The van der Waals surface area contributed by atoms with Crippen molar-refractivity contribution >= 4 is 23.4 Å². The highest BCUT2D eigenvalue weighted by Crippen LogP contribution is 2.29. The summed E-state index contributed by atoms with van der Waals surface area (Å²) < 4.78 is 13.2. The van der Waals surface area contributed by atoms with Crippen LogP contribution in [0, 0.1) is 5.82 Å². The summed E-state index contributed by atoms with van der Waals surface area (Å²) in [5.74, 6) is 0.172. The van der Waals surface area contributed by atoms with Gasteiger partial charge in [-0.15, -0.1) is 0 Å². The van der Waals surface area contributed by atoms with E-state index in [4.69, 9.17) is 17.3 Å². The molecule has 2 aromatic carbocycles. The fourth-order valence-corrected chi connectivity index (χ4v) is 4.51. The molecule has 3 N–H and O–H groups in total. The second kappa shape index (κ2) is 11.4. The van der Waals surface area contributed by atoms with Gasteiger partial charge in [0.05, 0.1) is 5.82 Å². The number of anilines is 1. The van der Waals surface area contributed by atoms with Crippen molar-refractivity contribution in [1.82, 2.24) is 9.80 Å². The van der Waals surface area contributed by atoms with Gasteiger partial charge in [-0.3, -0.25) is 4.90 Å². The Labute approximate surface area is 202 Å². The summed E-state index contributed by atoms with van der Waals surface area (Å²) in [7, 11) is 0. The lowest BCUT2D eigenvalue weighted by Gasteiger charge is -2.41. The molecule has 2 aromatic rings. The molecule has 1 aliphatic rings. The smallest absolute Gasteiger partial charge is 0.123 e. The van der Waals surface area contributed by atoms with Gasteiger partial charge in [0, 0.05) is 48.6 Å². The van der Waals surface area contributed by atoms with Gasteiger partial charge < -0.3 is 16.0 Å². The van der Waals surface area contributed by atoms with Gasteiger partial charge in [-0.1, -0.05) is 56.3 Å². The summed E-state index contributed by atoms with van der Waals surface area (Å²) in [4.78, 5) is 4.73. The van der Waals surface area contributed by atoms with Crippen LogP contribution in [0.1, 0.15) is 37.0 Å². The number of rotatable bonds is 9. The highest BCUT2D eigenvalue weighted by molar-refractivity contribution is 6.31. The zero-order valence-electron chi connectivity index (χ0n) is 19.6. The first-order valence-electron chi connectivity index (χ1n) is 11.4. The van der Waals surface area contributed by atoms with Crippen LogP contribution in [0.5, 0.6) is 0 Å². The summed E-state index contributed by atoms with van der Waals surface area (Å²) in [6.07, 6.45) is 6.04. The lowest BCUT2D eigenvalue weighted by molar-refractivity contribution is 0.109. The minimum Gasteiger partial charge on any atom is -0.386 e. The van der Waals surface area contributed by atoms with Crippen LogP contribution in [0.3, 0.4) is 0 Å². The Bertz CT molecular complexity index is 1020. The van der Waals surface area contributed by atoms with E-state index < -0.39 is 0 Å². The van der Waals surface area contributed by atoms with E-state index in [1.165, 1.54) is 12.1 Å². The maximum atomic E-state index is 13.2. The van der Waals surface area contributed by atoms with Crippen LogP contribution in [-0.4, -0.2) is 35.5 Å². The summed E-state index contributed by atoms with van der Waals surface area (Å²) in [5.41, 5.74) is 10.8. The van der Waals surface area contributed by atoms with Crippen LogP contribution >= 0.6 is 11.6 Å². The standard InChI is InChI=1S/C27H34ClFN4/c1-5-6-23-15-24(27(16-26(23)28)31-21(4)30)10-7-19(2)33-14-13-32(17-20(33)3)18-22-8-11-25(29)12-9-22/h7-12,15-16,20,31H,2,4-6,13-14,17-18,30H2,1,3H3/b10-7+/t20-/m1/s1. The number of allylic oxidation sites excluding steroid dienone is 1. The zero-order chi connectivity index (χ0) is 24.0. The Morgan fingerprint density at radius 3 is 2.61 bits per heavy atom. The molecule has 0 spiro atoms. The third-order valence-corrected chi connectivity index (χ3v) is 6.24. The van der Waals surface area contributed by atoms with Crippen molar-refractivity contribution in [2.75, 3.05) is 25.0 Å². The van der Waals surface area contributed by atoms with E-state index in [2.05, 4.69) is 60.3 Å². The quantitative estimate of drug-likeness (QED) is 0.442. The predicted molar refractivity (Wildman–Crippen MR) is 138 cm³/mol. The fraction of sp³-hybridized carbons (Fsp3) is 0.333. The van der Waals surface area contributed by atoms with E-state index in [0.29, 0.717) is 11.9 Å². The molecule has 1 fully saturated rings. The van der Waals surface area contributed by atoms with Crippen LogP contribution < -0.4 is 11.1 Å². The Kier molecular flexibility index (Phi) is 8.59. The molecule has 1 saturated heterocycles. The summed E-state index contributed by atoms with van der Waals surface area (Å²) in [5, 5.41) is 3.83. The molecular formula is C27H34ClFN4. The molecule has 0 amide bonds. The molecule has 1 aliphatic heterocycles. The summed E-state index contributed by atoms with van der Waals surface area (Å²) in [6, 6.07) is 11.1. The SMILES string of the molecule is C=C(N)Nc1cc(Cl)c(CCC)cc1/C=C/C(=C)N1CCN(Cc2ccc(F)cc2)C[C@H]1C. The van der Waals surface area contributed by atoms with Gasteiger partial charge in [0.2, 0.25) is 0 Å². The first kappa shape index (κ1) is 24.9. The van der Waals surface area contributed by atoms with E-state index in [-0.39, 0.29) is 5.82 Å². The molecule has 0 bridgehead atoms. The number of nitrogens with one attached hydrogen (secondary N) is 1. The van der Waals surface area contributed by atoms with E-state index in [1.807, 2.05) is 18.2 Å². The monoisotopic (exact) mass is 468 g/mol. The van der Waals surface area contributed by atoms with Crippen LogP contribution in [0.4, 0.5) is 10.1 Å². The van der Waals surface area contributed by atoms with Crippen molar-refractivity contribution in [3.05, 3.63) is 94.7 Å². The summed E-state index contributed by atoms with van der Waals surface area (Å²) >= 11 is 6.46. The molecule has 176 valence electrons. The molecule has 0 unspecified atom stereocenters. The van der Waals surface area contributed by atoms with E-state index in [1.54, 1.807) is 0 Å². The van der Waals surface area contributed by atoms with Crippen molar-refractivity contribution in [3.8, 4) is 0 Å². The van der Waals surface area contributed by atoms with Crippen molar-refractivity contribution in [1.29, 1.82) is 0 Å². The third-order valence-electron chi connectivity index (χ3n) is 5.89. The predicted octanol–water partition coefficient (Wildman–Crippen LogP) is 6.01. The number of aryl methyl sites for hydroxylation is 1. The van der Waals surface area contributed by atoms with E-state index in [0.717, 1.165) is 72.1 Å². The van der Waals surface area contributed by atoms with Crippen LogP contribution in [0.25, 0.3) is 6.08 Å². The Morgan fingerprint density at radius 2 is 1.97 bits per heavy atom. The van der Waals surface area contributed by atoms with E-state index in [9.17, 15) is 4.39 Å². The highest BCUT2D eigenvalue weighted by atomic mass is 35.5. The topological polar surface area (TPSA) is 44.5 Å². The van der Waals surface area contributed by atoms with E-state index >= 15 is 0 Å². The minimum atomic E-state index is -0.198. The van der Waals surface area contributed by atoms with Gasteiger partial charge in [-0.2, -0.15) is 0 Å². The molecule has 0 aromatic heterocycles. The minimum absolute atomic E-state index is 0.198. The largest absolute Gasteiger partial charge is 0.386 e. The number of halogens is 2. The van der Waals surface area contributed by atoms with Crippen LogP contribution in [0.15, 0.2) is 67.2 Å². The first-order valence-corrected chi connectivity index (χ1v) is 11.8. The van der Waals surface area contributed by atoms with Gasteiger partial charge in [0.1, 0.15) is 5.82 Å². The fourth-order valence-electron chi connectivity index (χ4n) is 4.25. The van der Waals surface area contributed by atoms with Crippen molar-refractivity contribution in [3.63, 3.8) is 0 Å². The lowest BCUT2D eigenvalue weighted by Crippen LogP contribution is -2.50. The molecular weight excluding hydrogens is 435 g/mol. The molecule has 33 heavy (non-hydrogen) atoms. The maximum Gasteiger partial charge on any atom is 0.123 e. The first-order chi connectivity index (χ1) is 15.8. The van der Waals surface area contributed by atoms with Crippen molar-refractivity contribution in [2.24, 2.45) is 5.73 Å². The van der Waals surface area contributed by atoms with Crippen molar-refractivity contribution < 1.29 is 4.39 Å². The van der Waals surface area contributed by atoms with Crippen LogP contribution in [0.2, 0.25) is 5.02 Å². The van der Waals surface area contributed by atoms with Gasteiger partial charge in [0.25, 0.3) is 0 Å².